The molecule has 0 spiro atoms. The quantitative estimate of drug-likeness (QED) is 0.428. The zero-order valence-corrected chi connectivity index (χ0v) is 19.3. The summed E-state index contributed by atoms with van der Waals surface area (Å²) in [5.74, 6) is -0.420. The third-order valence-corrected chi connectivity index (χ3v) is 5.85. The Hall–Kier alpha value is -3.75. The lowest BCUT2D eigenvalue weighted by atomic mass is 9.94. The van der Waals surface area contributed by atoms with Crippen molar-refractivity contribution < 1.29 is 22.8 Å². The van der Waals surface area contributed by atoms with Gasteiger partial charge in [0.1, 0.15) is 5.82 Å². The van der Waals surface area contributed by atoms with Crippen molar-refractivity contribution >= 4 is 11.6 Å². The Balaban J connectivity index is 1.76. The molecule has 1 aromatic heterocycles. The summed E-state index contributed by atoms with van der Waals surface area (Å²) >= 11 is 0. The normalized spacial score (nSPS) is 16.1. The van der Waals surface area contributed by atoms with Crippen LogP contribution >= 0.6 is 0 Å². The van der Waals surface area contributed by atoms with Gasteiger partial charge in [0, 0.05) is 17.8 Å². The average molecular weight is 469 g/mol. The van der Waals surface area contributed by atoms with E-state index in [0.717, 1.165) is 19.3 Å². The summed E-state index contributed by atoms with van der Waals surface area (Å²) in [5, 5.41) is 7.02. The fourth-order valence-corrected chi connectivity index (χ4v) is 4.01. The van der Waals surface area contributed by atoms with E-state index in [4.69, 9.17) is 9.26 Å². The van der Waals surface area contributed by atoms with Gasteiger partial charge in [-0.15, -0.1) is 0 Å². The number of amides is 2. The van der Waals surface area contributed by atoms with Crippen molar-refractivity contribution in [2.45, 2.75) is 39.2 Å². The van der Waals surface area contributed by atoms with Crippen LogP contribution in [-0.4, -0.2) is 34.7 Å². The summed E-state index contributed by atoms with van der Waals surface area (Å²) in [7, 11) is 1.39. The Morgan fingerprint density at radius 1 is 1.15 bits per heavy atom. The van der Waals surface area contributed by atoms with Gasteiger partial charge in [-0.25, -0.2) is 13.6 Å². The van der Waals surface area contributed by atoms with Gasteiger partial charge in [-0.05, 0) is 49.2 Å². The molecule has 1 atom stereocenters. The van der Waals surface area contributed by atoms with Crippen LogP contribution in [0.4, 0.5) is 13.6 Å². The topological polar surface area (TPSA) is 80.5 Å². The van der Waals surface area contributed by atoms with Crippen LogP contribution < -0.4 is 10.1 Å². The predicted molar refractivity (Wildman–Crippen MR) is 123 cm³/mol. The lowest BCUT2D eigenvalue weighted by Gasteiger charge is -2.35. The van der Waals surface area contributed by atoms with Gasteiger partial charge in [-0.1, -0.05) is 37.1 Å². The number of carbonyl (C=O) groups is 1. The number of nitrogens with one attached hydrogen (secondary N) is 1. The first kappa shape index (κ1) is 23.4. The Kier molecular flexibility index (Phi) is 6.90. The molecule has 0 saturated carbocycles. The number of benzene rings is 2. The van der Waals surface area contributed by atoms with Gasteiger partial charge < -0.3 is 14.6 Å². The van der Waals surface area contributed by atoms with Crippen molar-refractivity contribution in [1.29, 1.82) is 0 Å². The Morgan fingerprint density at radius 2 is 1.91 bits per heavy atom. The zero-order valence-electron chi connectivity index (χ0n) is 19.3. The summed E-state index contributed by atoms with van der Waals surface area (Å²) < 4.78 is 38.3. The summed E-state index contributed by atoms with van der Waals surface area (Å²) in [6.07, 6.45) is 2.85. The number of allylic oxidation sites excluding steroid dienone is 1. The maximum Gasteiger partial charge on any atom is 0.322 e. The minimum Gasteiger partial charge on any atom is -0.494 e. The molecule has 0 bridgehead atoms. The number of unbranched alkanes of at least 4 members (excludes halogenated alkanes) is 2. The van der Waals surface area contributed by atoms with Crippen LogP contribution in [0.5, 0.6) is 5.75 Å². The highest BCUT2D eigenvalue weighted by molar-refractivity contribution is 5.86. The van der Waals surface area contributed by atoms with E-state index < -0.39 is 11.9 Å². The van der Waals surface area contributed by atoms with E-state index in [9.17, 15) is 13.6 Å². The number of methoxy groups -OCH3 is 1. The fraction of sp³-hybridized carbons (Fsp3) is 0.320. The molecule has 1 aliphatic rings. The van der Waals surface area contributed by atoms with Crippen LogP contribution in [0.25, 0.3) is 17.0 Å². The number of urea groups is 1. The highest BCUT2D eigenvalue weighted by Gasteiger charge is 2.35. The van der Waals surface area contributed by atoms with Gasteiger partial charge in [0.2, 0.25) is 5.82 Å². The molecule has 1 aliphatic heterocycles. The number of halogens is 2. The van der Waals surface area contributed by atoms with Crippen LogP contribution in [0.3, 0.4) is 0 Å². The molecule has 2 aromatic carbocycles. The largest absolute Gasteiger partial charge is 0.494 e. The van der Waals surface area contributed by atoms with Crippen molar-refractivity contribution in [1.82, 2.24) is 20.4 Å². The van der Waals surface area contributed by atoms with E-state index in [1.165, 1.54) is 31.4 Å². The van der Waals surface area contributed by atoms with Crippen LogP contribution in [0, 0.1) is 11.6 Å². The second-order valence-corrected chi connectivity index (χ2v) is 8.06. The standard InChI is InChI=1S/C25H26F2N4O3/c1-4-5-6-13-31-15(2)21(22(28-25(31)32)16-7-10-18(26)11-8-16)24-29-23(30-34-24)17-9-12-20(33-3)19(27)14-17/h7-12,14,22H,4-6,13H2,1-3H3,(H,28,32). The van der Waals surface area contributed by atoms with Crippen molar-refractivity contribution in [3.05, 3.63) is 71.3 Å². The number of aromatic nitrogens is 2. The number of hydrogen-bond donors (Lipinski definition) is 1. The van der Waals surface area contributed by atoms with E-state index in [-0.39, 0.29) is 29.3 Å². The van der Waals surface area contributed by atoms with Crippen LogP contribution in [-0.2, 0) is 0 Å². The highest BCUT2D eigenvalue weighted by Crippen LogP contribution is 2.37. The van der Waals surface area contributed by atoms with E-state index in [0.29, 0.717) is 28.9 Å². The zero-order chi connectivity index (χ0) is 24.2. The first-order valence-corrected chi connectivity index (χ1v) is 11.1. The van der Waals surface area contributed by atoms with E-state index in [1.807, 2.05) is 6.92 Å². The number of carbonyl (C=O) groups excluding carboxylic acids is 1. The third-order valence-electron chi connectivity index (χ3n) is 5.85. The average Bonchev–Trinajstić information content (AvgIpc) is 3.31. The Bertz CT molecular complexity index is 1210. The number of nitrogens with zero attached hydrogens (tertiary/aromatic N) is 3. The van der Waals surface area contributed by atoms with Gasteiger partial charge in [-0.3, -0.25) is 4.90 Å². The Morgan fingerprint density at radius 3 is 2.59 bits per heavy atom. The van der Waals surface area contributed by atoms with E-state index in [1.54, 1.807) is 23.1 Å². The molecule has 2 heterocycles. The van der Waals surface area contributed by atoms with Gasteiger partial charge in [0.25, 0.3) is 5.89 Å². The van der Waals surface area contributed by atoms with Crippen molar-refractivity contribution in [2.75, 3.05) is 13.7 Å². The number of rotatable bonds is 8. The van der Waals surface area contributed by atoms with Crippen molar-refractivity contribution in [3.8, 4) is 17.1 Å². The van der Waals surface area contributed by atoms with Crippen LogP contribution in [0.2, 0.25) is 0 Å². The van der Waals surface area contributed by atoms with Crippen molar-refractivity contribution in [3.63, 3.8) is 0 Å². The lowest BCUT2D eigenvalue weighted by molar-refractivity contribution is 0.204. The molecule has 0 radical (unpaired) electrons. The smallest absolute Gasteiger partial charge is 0.322 e. The first-order chi connectivity index (χ1) is 16.4. The first-order valence-electron chi connectivity index (χ1n) is 11.1. The molecule has 1 N–H and O–H groups in total. The molecule has 2 amide bonds. The molecular formula is C25H26F2N4O3. The molecule has 34 heavy (non-hydrogen) atoms. The van der Waals surface area contributed by atoms with Crippen LogP contribution in [0.1, 0.15) is 50.6 Å². The lowest BCUT2D eigenvalue weighted by Crippen LogP contribution is -2.46. The second kappa shape index (κ2) is 10.0. The molecule has 9 heteroatoms. The third kappa shape index (κ3) is 4.64. The Labute approximate surface area is 196 Å². The maximum atomic E-state index is 14.2. The summed E-state index contributed by atoms with van der Waals surface area (Å²) in [4.78, 5) is 19.1. The van der Waals surface area contributed by atoms with E-state index >= 15 is 0 Å². The predicted octanol–water partition coefficient (Wildman–Crippen LogP) is 5.71. The maximum absolute atomic E-state index is 14.2. The fourth-order valence-electron chi connectivity index (χ4n) is 4.01. The second-order valence-electron chi connectivity index (χ2n) is 8.06. The van der Waals surface area contributed by atoms with Gasteiger partial charge in [-0.2, -0.15) is 4.98 Å². The molecule has 7 nitrogen and oxygen atoms in total. The number of hydrogen-bond acceptors (Lipinski definition) is 5. The molecule has 1 unspecified atom stereocenters. The highest BCUT2D eigenvalue weighted by atomic mass is 19.1. The van der Waals surface area contributed by atoms with Gasteiger partial charge in [0.05, 0.1) is 18.7 Å². The van der Waals surface area contributed by atoms with Gasteiger partial charge in [0.15, 0.2) is 11.6 Å². The summed E-state index contributed by atoms with van der Waals surface area (Å²) in [6, 6.07) is 9.42. The molecule has 0 saturated heterocycles. The monoisotopic (exact) mass is 468 g/mol. The molecule has 0 fully saturated rings. The summed E-state index contributed by atoms with van der Waals surface area (Å²) in [5.41, 5.74) is 2.37. The van der Waals surface area contributed by atoms with Crippen LogP contribution in [0.15, 0.2) is 52.7 Å². The molecule has 0 aliphatic carbocycles. The molecule has 178 valence electrons. The van der Waals surface area contributed by atoms with Crippen molar-refractivity contribution in [2.24, 2.45) is 0 Å². The molecular weight excluding hydrogens is 442 g/mol. The molecule has 4 rings (SSSR count). The van der Waals surface area contributed by atoms with E-state index in [2.05, 4.69) is 22.4 Å². The minimum absolute atomic E-state index is 0.111. The minimum atomic E-state index is -0.614. The van der Waals surface area contributed by atoms with Gasteiger partial charge >= 0.3 is 6.03 Å². The SMILES string of the molecule is CCCCCN1C(=O)NC(c2ccc(F)cc2)C(c2nc(-c3ccc(OC)c(F)c3)no2)=C1C. The number of ether oxygens (including phenoxy) is 1. The molecule has 3 aromatic rings. The summed E-state index contributed by atoms with van der Waals surface area (Å²) in [6.45, 7) is 4.46.